The first-order chi connectivity index (χ1) is 9.63. The summed E-state index contributed by atoms with van der Waals surface area (Å²) in [5.41, 5.74) is 0. The Morgan fingerprint density at radius 1 is 1.45 bits per heavy atom. The second-order valence-corrected chi connectivity index (χ2v) is 4.90. The van der Waals surface area contributed by atoms with Crippen molar-refractivity contribution in [1.29, 1.82) is 5.26 Å². The van der Waals surface area contributed by atoms with Crippen LogP contribution in [0.25, 0.3) is 0 Å². The van der Waals surface area contributed by atoms with E-state index in [0.717, 1.165) is 0 Å². The van der Waals surface area contributed by atoms with E-state index in [1.165, 1.54) is 0 Å². The number of carbonyl (C=O) groups is 1. The number of fused-ring (bicyclic) bond motifs is 1. The minimum atomic E-state index is -0.647. The summed E-state index contributed by atoms with van der Waals surface area (Å²) in [6.45, 7) is 4.46. The molecule has 20 heavy (non-hydrogen) atoms. The number of hydrogen-bond donors (Lipinski definition) is 0. The topological polar surface area (TPSA) is 62.6 Å². The van der Waals surface area contributed by atoms with Gasteiger partial charge in [0, 0.05) is 12.6 Å². The smallest absolute Gasteiger partial charge is 0.267 e. The molecule has 0 radical (unpaired) electrons. The lowest BCUT2D eigenvalue weighted by molar-refractivity contribution is -0.142. The highest BCUT2D eigenvalue weighted by Crippen LogP contribution is 2.31. The Bertz CT molecular complexity index is 522. The molecule has 1 aliphatic heterocycles. The molecule has 5 heteroatoms. The van der Waals surface area contributed by atoms with Crippen LogP contribution in [0.2, 0.25) is 0 Å². The molecule has 106 valence electrons. The predicted octanol–water partition coefficient (Wildman–Crippen LogP) is 1.98. The van der Waals surface area contributed by atoms with E-state index in [9.17, 15) is 4.79 Å². The van der Waals surface area contributed by atoms with Crippen LogP contribution in [0, 0.1) is 11.3 Å². The van der Waals surface area contributed by atoms with Gasteiger partial charge in [-0.2, -0.15) is 5.26 Å². The molecule has 0 aromatic heterocycles. The van der Waals surface area contributed by atoms with Crippen molar-refractivity contribution in [3.05, 3.63) is 24.3 Å². The number of benzene rings is 1. The summed E-state index contributed by atoms with van der Waals surface area (Å²) in [5.74, 6) is 1.11. The fourth-order valence-electron chi connectivity index (χ4n) is 2.12. The lowest BCUT2D eigenvalue weighted by Gasteiger charge is -2.32. The zero-order valence-corrected chi connectivity index (χ0v) is 11.7. The molecule has 1 heterocycles. The van der Waals surface area contributed by atoms with Crippen LogP contribution in [0.4, 0.5) is 0 Å². The summed E-state index contributed by atoms with van der Waals surface area (Å²) in [6, 6.07) is 9.38. The highest BCUT2D eigenvalue weighted by Gasteiger charge is 2.31. The first kappa shape index (κ1) is 14.2. The molecule has 1 unspecified atom stereocenters. The standard InChI is InChI=1S/C15H18N2O3/c1-11(2)17(9-5-8-16)15(18)14-10-19-12-6-3-4-7-13(12)20-14/h3-4,6-7,11,14H,5,9-10H2,1-2H3. The Morgan fingerprint density at radius 2 is 2.15 bits per heavy atom. The fraction of sp³-hybridized carbons (Fsp3) is 0.467. The molecule has 0 N–H and O–H groups in total. The van der Waals surface area contributed by atoms with Crippen LogP contribution in [-0.2, 0) is 4.79 Å². The average Bonchev–Trinajstić information content (AvgIpc) is 2.46. The molecule has 1 aromatic rings. The Labute approximate surface area is 118 Å². The largest absolute Gasteiger partial charge is 0.485 e. The van der Waals surface area contributed by atoms with E-state index in [1.807, 2.05) is 32.0 Å². The summed E-state index contributed by atoms with van der Waals surface area (Å²) >= 11 is 0. The van der Waals surface area contributed by atoms with Gasteiger partial charge < -0.3 is 14.4 Å². The van der Waals surface area contributed by atoms with E-state index in [4.69, 9.17) is 14.7 Å². The summed E-state index contributed by atoms with van der Waals surface area (Å²) < 4.78 is 11.3. The Hall–Kier alpha value is -2.22. The van der Waals surface area contributed by atoms with Crippen molar-refractivity contribution in [2.45, 2.75) is 32.4 Å². The molecule has 2 rings (SSSR count). The van der Waals surface area contributed by atoms with Gasteiger partial charge in [-0.15, -0.1) is 0 Å². The van der Waals surface area contributed by atoms with Crippen LogP contribution in [0.3, 0.4) is 0 Å². The maximum atomic E-state index is 12.5. The molecule has 0 saturated heterocycles. The minimum absolute atomic E-state index is 0.0246. The summed E-state index contributed by atoms with van der Waals surface area (Å²) in [5, 5.41) is 8.68. The molecule has 0 saturated carbocycles. The Balaban J connectivity index is 2.08. The molecule has 1 atom stereocenters. The van der Waals surface area contributed by atoms with Gasteiger partial charge in [0.05, 0.1) is 12.5 Å². The average molecular weight is 274 g/mol. The van der Waals surface area contributed by atoms with Crippen LogP contribution in [0.15, 0.2) is 24.3 Å². The number of ether oxygens (including phenoxy) is 2. The molecule has 0 spiro atoms. The van der Waals surface area contributed by atoms with Crippen LogP contribution >= 0.6 is 0 Å². The normalized spacial score (nSPS) is 16.6. The van der Waals surface area contributed by atoms with Crippen molar-refractivity contribution >= 4 is 5.91 Å². The molecular formula is C15H18N2O3. The van der Waals surface area contributed by atoms with Gasteiger partial charge >= 0.3 is 0 Å². The van der Waals surface area contributed by atoms with E-state index >= 15 is 0 Å². The SMILES string of the molecule is CC(C)N(CCC#N)C(=O)C1COc2ccccc2O1. The monoisotopic (exact) mass is 274 g/mol. The molecule has 1 aromatic carbocycles. The van der Waals surface area contributed by atoms with Crippen molar-refractivity contribution in [3.63, 3.8) is 0 Å². The summed E-state index contributed by atoms with van der Waals surface area (Å²) in [7, 11) is 0. The van der Waals surface area contributed by atoms with Crippen molar-refractivity contribution in [2.24, 2.45) is 0 Å². The van der Waals surface area contributed by atoms with Gasteiger partial charge in [-0.1, -0.05) is 12.1 Å². The Kier molecular flexibility index (Phi) is 4.46. The van der Waals surface area contributed by atoms with E-state index in [-0.39, 0.29) is 18.6 Å². The second-order valence-electron chi connectivity index (χ2n) is 4.90. The van der Waals surface area contributed by atoms with Gasteiger partial charge in [-0.25, -0.2) is 0 Å². The fourth-order valence-corrected chi connectivity index (χ4v) is 2.12. The van der Waals surface area contributed by atoms with E-state index in [1.54, 1.807) is 11.0 Å². The van der Waals surface area contributed by atoms with Gasteiger partial charge in [0.15, 0.2) is 11.5 Å². The molecule has 5 nitrogen and oxygen atoms in total. The second kappa shape index (κ2) is 6.29. The third kappa shape index (κ3) is 3.02. The van der Waals surface area contributed by atoms with Gasteiger partial charge in [0.25, 0.3) is 5.91 Å². The zero-order valence-electron chi connectivity index (χ0n) is 11.7. The van der Waals surface area contributed by atoms with Crippen molar-refractivity contribution in [3.8, 4) is 17.6 Å². The van der Waals surface area contributed by atoms with Gasteiger partial charge in [0.1, 0.15) is 6.61 Å². The van der Waals surface area contributed by atoms with Gasteiger partial charge in [0.2, 0.25) is 6.10 Å². The lowest BCUT2D eigenvalue weighted by atomic mass is 10.2. The number of carbonyl (C=O) groups excluding carboxylic acids is 1. The molecule has 0 fully saturated rings. The maximum Gasteiger partial charge on any atom is 0.267 e. The van der Waals surface area contributed by atoms with Crippen LogP contribution in [0.5, 0.6) is 11.5 Å². The van der Waals surface area contributed by atoms with Crippen molar-refractivity contribution in [1.82, 2.24) is 4.90 Å². The van der Waals surface area contributed by atoms with E-state index in [0.29, 0.717) is 24.5 Å². The first-order valence-corrected chi connectivity index (χ1v) is 6.69. The predicted molar refractivity (Wildman–Crippen MR) is 73.4 cm³/mol. The number of nitrogens with zero attached hydrogens (tertiary/aromatic N) is 2. The van der Waals surface area contributed by atoms with Gasteiger partial charge in [-0.3, -0.25) is 4.79 Å². The Morgan fingerprint density at radius 3 is 2.80 bits per heavy atom. The molecule has 1 amide bonds. The molecular weight excluding hydrogens is 256 g/mol. The van der Waals surface area contributed by atoms with Crippen molar-refractivity contribution < 1.29 is 14.3 Å². The third-order valence-electron chi connectivity index (χ3n) is 3.15. The maximum absolute atomic E-state index is 12.5. The summed E-state index contributed by atoms with van der Waals surface area (Å²) in [6.07, 6.45) is -0.334. The van der Waals surface area contributed by atoms with Crippen LogP contribution in [0.1, 0.15) is 20.3 Å². The van der Waals surface area contributed by atoms with Crippen molar-refractivity contribution in [2.75, 3.05) is 13.2 Å². The third-order valence-corrected chi connectivity index (χ3v) is 3.15. The van der Waals surface area contributed by atoms with Gasteiger partial charge in [-0.05, 0) is 26.0 Å². The van der Waals surface area contributed by atoms with E-state index < -0.39 is 6.10 Å². The van der Waals surface area contributed by atoms with Crippen LogP contribution < -0.4 is 9.47 Å². The number of amides is 1. The van der Waals surface area contributed by atoms with Crippen LogP contribution in [-0.4, -0.2) is 36.1 Å². The molecule has 1 aliphatic rings. The number of hydrogen-bond acceptors (Lipinski definition) is 4. The molecule has 0 bridgehead atoms. The number of rotatable bonds is 4. The zero-order chi connectivity index (χ0) is 14.5. The van der Waals surface area contributed by atoms with E-state index in [2.05, 4.69) is 6.07 Å². The quantitative estimate of drug-likeness (QED) is 0.842. The highest BCUT2D eigenvalue weighted by atomic mass is 16.6. The minimum Gasteiger partial charge on any atom is -0.485 e. The number of nitriles is 1. The summed E-state index contributed by atoms with van der Waals surface area (Å²) in [4.78, 5) is 14.1. The number of para-hydroxylation sites is 2. The first-order valence-electron chi connectivity index (χ1n) is 6.69. The lowest BCUT2D eigenvalue weighted by Crippen LogP contribution is -2.49. The highest BCUT2D eigenvalue weighted by molar-refractivity contribution is 5.82. The molecule has 0 aliphatic carbocycles.